The highest BCUT2D eigenvalue weighted by Crippen LogP contribution is 2.30. The predicted octanol–water partition coefficient (Wildman–Crippen LogP) is 2.52. The number of carbonyl (C=O) groups is 2. The Balaban J connectivity index is 2.22. The fourth-order valence-electron chi connectivity index (χ4n) is 2.22. The molecule has 2 rings (SSSR count). The molecule has 26 heavy (non-hydrogen) atoms. The third-order valence-corrected chi connectivity index (χ3v) is 3.93. The molecule has 140 valence electrons. The summed E-state index contributed by atoms with van der Waals surface area (Å²) in [7, 11) is 0. The van der Waals surface area contributed by atoms with E-state index < -0.39 is 29.7 Å². The minimum Gasteiger partial charge on any atom is -0.480 e. The first-order valence-electron chi connectivity index (χ1n) is 7.77. The van der Waals surface area contributed by atoms with Crippen molar-refractivity contribution in [3.8, 4) is 5.69 Å². The van der Waals surface area contributed by atoms with E-state index in [-0.39, 0.29) is 17.3 Å². The van der Waals surface area contributed by atoms with E-state index in [1.165, 1.54) is 12.1 Å². The molecule has 0 aliphatic carbocycles. The van der Waals surface area contributed by atoms with Crippen molar-refractivity contribution in [2.45, 2.75) is 32.5 Å². The van der Waals surface area contributed by atoms with Crippen LogP contribution in [0.3, 0.4) is 0 Å². The van der Waals surface area contributed by atoms with Gasteiger partial charge in [-0.3, -0.25) is 4.79 Å². The zero-order valence-corrected chi connectivity index (χ0v) is 14.0. The third-order valence-electron chi connectivity index (χ3n) is 3.93. The first-order valence-corrected chi connectivity index (χ1v) is 7.77. The number of hydrogen-bond donors (Lipinski definition) is 2. The van der Waals surface area contributed by atoms with E-state index in [1.54, 1.807) is 13.8 Å². The lowest BCUT2D eigenvalue weighted by atomic mass is 9.99. The van der Waals surface area contributed by atoms with Gasteiger partial charge in [0.15, 0.2) is 5.69 Å². The van der Waals surface area contributed by atoms with Gasteiger partial charge in [0, 0.05) is 0 Å². The highest BCUT2D eigenvalue weighted by molar-refractivity contribution is 5.94. The molecule has 1 heterocycles. The van der Waals surface area contributed by atoms with Crippen molar-refractivity contribution in [1.29, 1.82) is 0 Å². The van der Waals surface area contributed by atoms with E-state index in [9.17, 15) is 27.9 Å². The maximum atomic E-state index is 12.8. The largest absolute Gasteiger partial charge is 0.480 e. The van der Waals surface area contributed by atoms with Crippen molar-refractivity contribution in [3.05, 3.63) is 41.7 Å². The third kappa shape index (κ3) is 4.38. The molecule has 0 saturated heterocycles. The number of benzene rings is 1. The normalized spacial score (nSPS) is 13.9. The topological polar surface area (TPSA) is 97.1 Å². The Morgan fingerprint density at radius 2 is 2.04 bits per heavy atom. The van der Waals surface area contributed by atoms with Crippen molar-refractivity contribution < 1.29 is 27.9 Å². The van der Waals surface area contributed by atoms with Crippen LogP contribution in [0.2, 0.25) is 0 Å². The van der Waals surface area contributed by atoms with E-state index in [2.05, 4.69) is 15.6 Å². The van der Waals surface area contributed by atoms with Crippen LogP contribution in [0.5, 0.6) is 0 Å². The Hall–Kier alpha value is -2.91. The van der Waals surface area contributed by atoms with Gasteiger partial charge in [-0.2, -0.15) is 13.2 Å². The summed E-state index contributed by atoms with van der Waals surface area (Å²) in [5.41, 5.74) is -0.987. The molecular weight excluding hydrogens is 353 g/mol. The summed E-state index contributed by atoms with van der Waals surface area (Å²) in [6, 6.07) is 3.27. The van der Waals surface area contributed by atoms with Gasteiger partial charge in [-0.05, 0) is 24.1 Å². The molecule has 2 N–H and O–H groups in total. The molecule has 0 radical (unpaired) electrons. The molecule has 0 aliphatic rings. The van der Waals surface area contributed by atoms with E-state index in [1.807, 2.05) is 0 Å². The molecule has 2 atom stereocenters. The lowest BCUT2D eigenvalue weighted by Gasteiger charge is -2.19. The van der Waals surface area contributed by atoms with E-state index in [4.69, 9.17) is 0 Å². The van der Waals surface area contributed by atoms with Crippen LogP contribution in [0.15, 0.2) is 30.5 Å². The minimum absolute atomic E-state index is 0.0723. The van der Waals surface area contributed by atoms with Gasteiger partial charge < -0.3 is 10.4 Å². The van der Waals surface area contributed by atoms with Crippen LogP contribution in [0, 0.1) is 5.92 Å². The van der Waals surface area contributed by atoms with Gasteiger partial charge in [0.2, 0.25) is 0 Å². The van der Waals surface area contributed by atoms with Crippen molar-refractivity contribution >= 4 is 11.9 Å². The second-order valence-corrected chi connectivity index (χ2v) is 5.77. The molecule has 2 aromatic rings. The van der Waals surface area contributed by atoms with E-state index in [0.29, 0.717) is 6.42 Å². The number of carboxylic acid groups (broad SMARTS) is 1. The van der Waals surface area contributed by atoms with Crippen LogP contribution in [-0.4, -0.2) is 38.0 Å². The number of hydrogen-bond acceptors (Lipinski definition) is 4. The summed E-state index contributed by atoms with van der Waals surface area (Å²) in [5.74, 6) is -2.26. The zero-order chi connectivity index (χ0) is 19.5. The van der Waals surface area contributed by atoms with Gasteiger partial charge in [0.1, 0.15) is 6.04 Å². The first-order chi connectivity index (χ1) is 12.1. The first kappa shape index (κ1) is 19.4. The van der Waals surface area contributed by atoms with Gasteiger partial charge in [-0.15, -0.1) is 5.10 Å². The van der Waals surface area contributed by atoms with Crippen LogP contribution in [0.1, 0.15) is 36.3 Å². The standard InChI is InChI=1S/C16H17F3N4O3/c1-3-9(2)13(15(25)26)20-14(24)12-8-23(22-21-12)11-6-4-5-10(7-11)16(17,18)19/h4-9,13H,3H2,1-2H3,(H,20,24)(H,25,26). The Morgan fingerprint density at radius 1 is 1.35 bits per heavy atom. The van der Waals surface area contributed by atoms with Gasteiger partial charge in [-0.1, -0.05) is 31.5 Å². The molecule has 2 unspecified atom stereocenters. The summed E-state index contributed by atoms with van der Waals surface area (Å²) >= 11 is 0. The second-order valence-electron chi connectivity index (χ2n) is 5.77. The number of aromatic nitrogens is 3. The number of alkyl halides is 3. The van der Waals surface area contributed by atoms with Crippen LogP contribution in [0.25, 0.3) is 5.69 Å². The Bertz CT molecular complexity index is 804. The van der Waals surface area contributed by atoms with Crippen LogP contribution in [-0.2, 0) is 11.0 Å². The lowest BCUT2D eigenvalue weighted by Crippen LogP contribution is -2.45. The average molecular weight is 370 g/mol. The fraction of sp³-hybridized carbons (Fsp3) is 0.375. The number of carbonyl (C=O) groups excluding carboxylic acids is 1. The Morgan fingerprint density at radius 3 is 2.62 bits per heavy atom. The summed E-state index contributed by atoms with van der Waals surface area (Å²) in [6.07, 6.45) is -2.84. The molecule has 10 heteroatoms. The van der Waals surface area contributed by atoms with E-state index in [0.717, 1.165) is 23.0 Å². The van der Waals surface area contributed by atoms with Crippen molar-refractivity contribution in [2.75, 3.05) is 0 Å². The molecular formula is C16H17F3N4O3. The monoisotopic (exact) mass is 370 g/mol. The molecule has 7 nitrogen and oxygen atoms in total. The number of rotatable bonds is 6. The SMILES string of the molecule is CCC(C)C(NC(=O)c1cn(-c2cccc(C(F)(F)F)c2)nn1)C(=O)O. The van der Waals surface area contributed by atoms with Gasteiger partial charge in [0.25, 0.3) is 5.91 Å². The van der Waals surface area contributed by atoms with Gasteiger partial charge >= 0.3 is 12.1 Å². The molecule has 1 aromatic heterocycles. The molecule has 1 amide bonds. The summed E-state index contributed by atoms with van der Waals surface area (Å²) in [4.78, 5) is 23.4. The molecule has 0 bridgehead atoms. The fourth-order valence-corrected chi connectivity index (χ4v) is 2.22. The Kier molecular flexibility index (Phi) is 5.63. The predicted molar refractivity (Wildman–Crippen MR) is 84.7 cm³/mol. The smallest absolute Gasteiger partial charge is 0.416 e. The van der Waals surface area contributed by atoms with Gasteiger partial charge in [-0.25, -0.2) is 9.48 Å². The Labute approximate surface area is 146 Å². The van der Waals surface area contributed by atoms with Crippen LogP contribution in [0.4, 0.5) is 13.2 Å². The summed E-state index contributed by atoms with van der Waals surface area (Å²) in [5, 5.41) is 18.8. The molecule has 0 spiro atoms. The lowest BCUT2D eigenvalue weighted by molar-refractivity contribution is -0.140. The number of halogens is 3. The van der Waals surface area contributed by atoms with Crippen molar-refractivity contribution in [1.82, 2.24) is 20.3 Å². The maximum Gasteiger partial charge on any atom is 0.416 e. The molecule has 0 fully saturated rings. The van der Waals surface area contributed by atoms with Crippen molar-refractivity contribution in [2.24, 2.45) is 5.92 Å². The zero-order valence-electron chi connectivity index (χ0n) is 14.0. The highest BCUT2D eigenvalue weighted by Gasteiger charge is 2.31. The van der Waals surface area contributed by atoms with Gasteiger partial charge in [0.05, 0.1) is 17.4 Å². The average Bonchev–Trinajstić information content (AvgIpc) is 3.08. The van der Waals surface area contributed by atoms with E-state index >= 15 is 0 Å². The molecule has 0 aliphatic heterocycles. The highest BCUT2D eigenvalue weighted by atomic mass is 19.4. The van der Waals surface area contributed by atoms with Crippen LogP contribution < -0.4 is 5.32 Å². The van der Waals surface area contributed by atoms with Crippen LogP contribution >= 0.6 is 0 Å². The summed E-state index contributed by atoms with van der Waals surface area (Å²) < 4.78 is 39.4. The maximum absolute atomic E-state index is 12.8. The second kappa shape index (κ2) is 7.54. The number of aliphatic carboxylic acids is 1. The summed E-state index contributed by atoms with van der Waals surface area (Å²) in [6.45, 7) is 3.47. The number of amides is 1. The number of carboxylic acids is 1. The van der Waals surface area contributed by atoms with Crippen molar-refractivity contribution in [3.63, 3.8) is 0 Å². The molecule has 0 saturated carbocycles. The number of nitrogens with zero attached hydrogens (tertiary/aromatic N) is 3. The quantitative estimate of drug-likeness (QED) is 0.814. The minimum atomic E-state index is -4.51. The molecule has 1 aromatic carbocycles. The number of nitrogens with one attached hydrogen (secondary N) is 1.